The quantitative estimate of drug-likeness (QED) is 0.267. The van der Waals surface area contributed by atoms with Crippen LogP contribution in [0, 0.1) is 23.2 Å². The van der Waals surface area contributed by atoms with E-state index in [9.17, 15) is 5.26 Å². The van der Waals surface area contributed by atoms with Gasteiger partial charge < -0.3 is 4.53 Å². The summed E-state index contributed by atoms with van der Waals surface area (Å²) in [5, 5.41) is 17.4. The van der Waals surface area contributed by atoms with Gasteiger partial charge in [0.15, 0.2) is 0 Å². The zero-order valence-electron chi connectivity index (χ0n) is 17.0. The van der Waals surface area contributed by atoms with Crippen LogP contribution < -0.4 is 15.6 Å². The lowest BCUT2D eigenvalue weighted by molar-refractivity contribution is 0.334. The molecule has 0 spiro atoms. The standard InChI is InChI=1S/C26H26N2OSi/c27-20-22-11-10-12-23(19-22)21-28-29-30(24-13-4-1-5-14-24,25-15-6-2-7-16-25)26-17-8-3-9-18-26/h1-9,13-18,21-23H,10-12,19H2. The number of benzene rings is 3. The van der Waals surface area contributed by atoms with Crippen molar-refractivity contribution in [2.75, 3.05) is 0 Å². The monoisotopic (exact) mass is 410 g/mol. The Morgan fingerprint density at radius 1 is 0.800 bits per heavy atom. The normalized spacial score (nSPS) is 19.3. The number of nitrogens with zero attached hydrogens (tertiary/aromatic N) is 2. The van der Waals surface area contributed by atoms with Crippen LogP contribution in [0.1, 0.15) is 25.7 Å². The molecule has 4 rings (SSSR count). The predicted octanol–water partition coefficient (Wildman–Crippen LogP) is 3.99. The van der Waals surface area contributed by atoms with Crippen LogP contribution in [0.2, 0.25) is 0 Å². The van der Waals surface area contributed by atoms with Gasteiger partial charge >= 0.3 is 8.32 Å². The first-order valence-corrected chi connectivity index (χ1v) is 12.5. The molecule has 1 fully saturated rings. The van der Waals surface area contributed by atoms with E-state index < -0.39 is 8.32 Å². The van der Waals surface area contributed by atoms with E-state index in [0.717, 1.165) is 41.2 Å². The SMILES string of the molecule is N#CC1CCCC(C=NO[Si](c2ccccc2)(c2ccccc2)c2ccccc2)C1. The maximum absolute atomic E-state index is 9.29. The van der Waals surface area contributed by atoms with Crippen LogP contribution in [0.15, 0.2) is 96.2 Å². The molecule has 3 aromatic carbocycles. The van der Waals surface area contributed by atoms with Gasteiger partial charge in [-0.15, -0.1) is 5.16 Å². The van der Waals surface area contributed by atoms with Crippen LogP contribution in [-0.2, 0) is 4.53 Å². The molecule has 150 valence electrons. The number of hydrogen-bond acceptors (Lipinski definition) is 3. The van der Waals surface area contributed by atoms with E-state index in [1.165, 1.54) is 0 Å². The minimum Gasteiger partial charge on any atom is -0.438 e. The number of oxime groups is 1. The average Bonchev–Trinajstić information content (AvgIpc) is 2.84. The van der Waals surface area contributed by atoms with E-state index in [-0.39, 0.29) is 5.92 Å². The smallest absolute Gasteiger partial charge is 0.380 e. The molecule has 1 aliphatic carbocycles. The van der Waals surface area contributed by atoms with E-state index in [0.29, 0.717) is 5.92 Å². The fourth-order valence-electron chi connectivity index (χ4n) is 4.35. The number of hydrogen-bond donors (Lipinski definition) is 0. The van der Waals surface area contributed by atoms with E-state index in [1.54, 1.807) is 0 Å². The second-order valence-electron chi connectivity index (χ2n) is 7.88. The molecule has 0 N–H and O–H groups in total. The molecule has 0 amide bonds. The summed E-state index contributed by atoms with van der Waals surface area (Å²) < 4.78 is 6.58. The van der Waals surface area contributed by atoms with E-state index >= 15 is 0 Å². The molecule has 4 heteroatoms. The molecule has 0 saturated heterocycles. The molecule has 1 saturated carbocycles. The second kappa shape index (κ2) is 9.56. The van der Waals surface area contributed by atoms with E-state index in [2.05, 4.69) is 84.0 Å². The third-order valence-corrected chi connectivity index (χ3v) is 9.72. The first-order valence-electron chi connectivity index (χ1n) is 10.6. The van der Waals surface area contributed by atoms with Crippen molar-refractivity contribution in [3.05, 3.63) is 91.0 Å². The lowest BCUT2D eigenvalue weighted by atomic mass is 9.83. The molecular formula is C26H26N2OSi. The highest BCUT2D eigenvalue weighted by Crippen LogP contribution is 2.27. The molecule has 0 aliphatic heterocycles. The van der Waals surface area contributed by atoms with Crippen LogP contribution >= 0.6 is 0 Å². The van der Waals surface area contributed by atoms with Crippen molar-refractivity contribution in [1.29, 1.82) is 5.26 Å². The van der Waals surface area contributed by atoms with Gasteiger partial charge in [-0.1, -0.05) is 97.4 Å². The summed E-state index contributed by atoms with van der Waals surface area (Å²) in [5.41, 5.74) is 0. The van der Waals surface area contributed by atoms with Crippen molar-refractivity contribution in [3.63, 3.8) is 0 Å². The van der Waals surface area contributed by atoms with Crippen molar-refractivity contribution in [2.24, 2.45) is 17.0 Å². The number of rotatable bonds is 6. The minimum absolute atomic E-state index is 0.134. The molecule has 0 radical (unpaired) electrons. The van der Waals surface area contributed by atoms with Gasteiger partial charge in [0, 0.05) is 12.1 Å². The molecule has 3 aromatic rings. The Bertz CT molecular complexity index is 903. The van der Waals surface area contributed by atoms with Crippen molar-refractivity contribution < 1.29 is 4.53 Å². The lowest BCUT2D eigenvalue weighted by Crippen LogP contribution is -2.68. The highest BCUT2D eigenvalue weighted by Gasteiger charge is 2.44. The topological polar surface area (TPSA) is 45.4 Å². The second-order valence-corrected chi connectivity index (χ2v) is 11.2. The van der Waals surface area contributed by atoms with Crippen LogP contribution in [-0.4, -0.2) is 14.5 Å². The zero-order valence-corrected chi connectivity index (χ0v) is 18.0. The van der Waals surface area contributed by atoms with Crippen LogP contribution in [0.3, 0.4) is 0 Å². The van der Waals surface area contributed by atoms with E-state index in [1.807, 2.05) is 24.4 Å². The largest absolute Gasteiger partial charge is 0.438 e. The zero-order chi connectivity index (χ0) is 20.7. The van der Waals surface area contributed by atoms with Gasteiger partial charge in [0.25, 0.3) is 0 Å². The molecule has 2 atom stereocenters. The third-order valence-electron chi connectivity index (χ3n) is 5.90. The Labute approximate surface area is 179 Å². The Morgan fingerprint density at radius 2 is 1.30 bits per heavy atom. The minimum atomic E-state index is -2.80. The van der Waals surface area contributed by atoms with Crippen molar-refractivity contribution in [3.8, 4) is 6.07 Å². The Balaban J connectivity index is 1.75. The van der Waals surface area contributed by atoms with Gasteiger partial charge in [0.05, 0.1) is 6.07 Å². The maximum atomic E-state index is 9.29. The van der Waals surface area contributed by atoms with Crippen LogP contribution in [0.25, 0.3) is 0 Å². The summed E-state index contributed by atoms with van der Waals surface area (Å²) in [6, 6.07) is 33.8. The fraction of sp³-hybridized carbons (Fsp3) is 0.231. The summed E-state index contributed by atoms with van der Waals surface area (Å²) in [6.07, 6.45) is 5.97. The maximum Gasteiger partial charge on any atom is 0.380 e. The average molecular weight is 411 g/mol. The molecule has 2 unspecified atom stereocenters. The summed E-state index contributed by atoms with van der Waals surface area (Å²) >= 11 is 0. The van der Waals surface area contributed by atoms with Gasteiger partial charge in [-0.2, -0.15) is 5.26 Å². The summed E-state index contributed by atoms with van der Waals surface area (Å²) in [5.74, 6) is 0.437. The van der Waals surface area contributed by atoms with E-state index in [4.69, 9.17) is 4.53 Å². The lowest BCUT2D eigenvalue weighted by Gasteiger charge is -2.30. The van der Waals surface area contributed by atoms with Gasteiger partial charge in [0.1, 0.15) is 0 Å². The molecule has 0 bridgehead atoms. The molecule has 3 nitrogen and oxygen atoms in total. The highest BCUT2D eigenvalue weighted by atomic mass is 28.4. The summed E-state index contributed by atoms with van der Waals surface area (Å²) in [4.78, 5) is 0. The van der Waals surface area contributed by atoms with Crippen molar-refractivity contribution in [1.82, 2.24) is 0 Å². The Morgan fingerprint density at radius 3 is 1.77 bits per heavy atom. The molecule has 1 aliphatic rings. The Kier molecular flexibility index (Phi) is 6.41. The van der Waals surface area contributed by atoms with Crippen LogP contribution in [0.5, 0.6) is 0 Å². The van der Waals surface area contributed by atoms with Crippen molar-refractivity contribution >= 4 is 30.1 Å². The van der Waals surface area contributed by atoms with Crippen LogP contribution in [0.4, 0.5) is 0 Å². The number of nitriles is 1. The van der Waals surface area contributed by atoms with Gasteiger partial charge in [0.2, 0.25) is 0 Å². The molecular weight excluding hydrogens is 384 g/mol. The fourth-order valence-corrected chi connectivity index (χ4v) is 7.87. The Hall–Kier alpha value is -3.16. The summed E-state index contributed by atoms with van der Waals surface area (Å²) in [7, 11) is -2.80. The van der Waals surface area contributed by atoms with Gasteiger partial charge in [-0.3, -0.25) is 0 Å². The highest BCUT2D eigenvalue weighted by molar-refractivity contribution is 7.07. The predicted molar refractivity (Wildman–Crippen MR) is 125 cm³/mol. The van der Waals surface area contributed by atoms with Gasteiger partial charge in [-0.25, -0.2) is 0 Å². The first kappa shape index (κ1) is 20.1. The first-order chi connectivity index (χ1) is 14.8. The van der Waals surface area contributed by atoms with Gasteiger partial charge in [-0.05, 0) is 40.7 Å². The molecule has 30 heavy (non-hydrogen) atoms. The molecule has 0 heterocycles. The summed E-state index contributed by atoms with van der Waals surface area (Å²) in [6.45, 7) is 0. The van der Waals surface area contributed by atoms with Crippen molar-refractivity contribution in [2.45, 2.75) is 25.7 Å². The third kappa shape index (κ3) is 4.22. The molecule has 0 aromatic heterocycles.